The Labute approximate surface area is 140 Å². The van der Waals surface area contributed by atoms with Crippen molar-refractivity contribution in [1.29, 1.82) is 0 Å². The van der Waals surface area contributed by atoms with E-state index in [1.165, 1.54) is 17.5 Å². The van der Waals surface area contributed by atoms with E-state index in [2.05, 4.69) is 15.3 Å². The topological polar surface area (TPSA) is 101 Å². The average Bonchev–Trinajstić information content (AvgIpc) is 2.94. The molecule has 0 saturated carbocycles. The average molecular weight is 336 g/mol. The molecule has 2 aromatic heterocycles. The van der Waals surface area contributed by atoms with Crippen LogP contribution in [0.1, 0.15) is 10.4 Å². The van der Waals surface area contributed by atoms with Gasteiger partial charge in [0, 0.05) is 22.8 Å². The fraction of sp³-hybridized carbons (Fsp3) is 0. The number of benzene rings is 2. The molecule has 0 radical (unpaired) electrons. The van der Waals surface area contributed by atoms with Gasteiger partial charge in [0.1, 0.15) is 5.56 Å². The Morgan fingerprint density at radius 2 is 2.04 bits per heavy atom. The number of nitrogens with two attached hydrogens (primary N) is 1. The first-order valence-corrected chi connectivity index (χ1v) is 8.01. The van der Waals surface area contributed by atoms with Gasteiger partial charge in [-0.15, -0.1) is 0 Å². The zero-order valence-corrected chi connectivity index (χ0v) is 13.2. The predicted molar refractivity (Wildman–Crippen MR) is 96.6 cm³/mol. The molecule has 1 amide bonds. The number of aromatic amines is 1. The highest BCUT2D eigenvalue weighted by atomic mass is 32.1. The summed E-state index contributed by atoms with van der Waals surface area (Å²) in [4.78, 5) is 32.1. The van der Waals surface area contributed by atoms with Gasteiger partial charge >= 0.3 is 0 Å². The minimum atomic E-state index is -0.459. The number of rotatable bonds is 2. The molecule has 2 aromatic carbocycles. The van der Waals surface area contributed by atoms with Crippen LogP contribution in [0.2, 0.25) is 0 Å². The van der Waals surface area contributed by atoms with Crippen LogP contribution in [0.3, 0.4) is 0 Å². The van der Waals surface area contributed by atoms with E-state index < -0.39 is 5.91 Å². The number of nitrogen functional groups attached to an aromatic ring is 1. The molecule has 6 nitrogen and oxygen atoms in total. The summed E-state index contributed by atoms with van der Waals surface area (Å²) in [7, 11) is 0. The normalized spacial score (nSPS) is 11.0. The summed E-state index contributed by atoms with van der Waals surface area (Å²) in [6, 6.07) is 12.4. The minimum Gasteiger partial charge on any atom is -0.375 e. The van der Waals surface area contributed by atoms with Crippen LogP contribution in [0, 0.1) is 0 Å². The number of hydrogen-bond acceptors (Lipinski definition) is 5. The Kier molecular flexibility index (Phi) is 3.28. The second-order valence-electron chi connectivity index (χ2n) is 5.27. The van der Waals surface area contributed by atoms with Crippen LogP contribution in [0.5, 0.6) is 0 Å². The number of nitrogens with zero attached hydrogens (tertiary/aromatic N) is 1. The van der Waals surface area contributed by atoms with Gasteiger partial charge in [0.05, 0.1) is 10.2 Å². The van der Waals surface area contributed by atoms with Crippen LogP contribution in [0.25, 0.3) is 21.1 Å². The lowest BCUT2D eigenvalue weighted by Crippen LogP contribution is -2.21. The maximum absolute atomic E-state index is 12.5. The summed E-state index contributed by atoms with van der Waals surface area (Å²) >= 11 is 1.34. The Bertz CT molecular complexity index is 1150. The lowest BCUT2D eigenvalue weighted by Gasteiger charge is -2.06. The molecule has 0 saturated heterocycles. The third-order valence-corrected chi connectivity index (χ3v) is 4.54. The van der Waals surface area contributed by atoms with Crippen LogP contribution in [0.4, 0.5) is 10.8 Å². The van der Waals surface area contributed by atoms with Crippen LogP contribution < -0.4 is 16.5 Å². The lowest BCUT2D eigenvalue weighted by atomic mass is 10.1. The molecule has 4 aromatic rings. The van der Waals surface area contributed by atoms with E-state index in [1.54, 1.807) is 36.4 Å². The zero-order valence-electron chi connectivity index (χ0n) is 12.4. The largest absolute Gasteiger partial charge is 0.375 e. The predicted octanol–water partition coefficient (Wildman–Crippen LogP) is 2.97. The number of nitrogens with one attached hydrogen (secondary N) is 2. The first kappa shape index (κ1) is 14.4. The first-order valence-electron chi connectivity index (χ1n) is 7.20. The van der Waals surface area contributed by atoms with Crippen molar-refractivity contribution >= 4 is 49.2 Å². The van der Waals surface area contributed by atoms with E-state index in [0.29, 0.717) is 21.7 Å². The number of aromatic nitrogens is 2. The number of H-pyrrole nitrogens is 1. The summed E-state index contributed by atoms with van der Waals surface area (Å²) < 4.78 is 0.873. The van der Waals surface area contributed by atoms with Gasteiger partial charge in [-0.05, 0) is 30.3 Å². The standard InChI is InChI=1S/C17H12N4O2S/c18-17-21-13-6-5-9(7-14(13)24-17)20-16(23)11-8-19-12-4-2-1-3-10(12)15(11)22/h1-8H,(H2,18,21)(H,19,22)(H,20,23). The fourth-order valence-electron chi connectivity index (χ4n) is 2.55. The zero-order chi connectivity index (χ0) is 16.7. The number of carbonyl (C=O) groups excluding carboxylic acids is 1. The molecule has 2 heterocycles. The Balaban J connectivity index is 1.70. The van der Waals surface area contributed by atoms with E-state index in [9.17, 15) is 9.59 Å². The number of fused-ring (bicyclic) bond motifs is 2. The third-order valence-electron chi connectivity index (χ3n) is 3.70. The van der Waals surface area contributed by atoms with Gasteiger partial charge in [-0.2, -0.15) is 0 Å². The molecule has 0 atom stereocenters. The molecule has 4 N–H and O–H groups in total. The van der Waals surface area contributed by atoms with Crippen molar-refractivity contribution in [2.24, 2.45) is 0 Å². The van der Waals surface area contributed by atoms with Gasteiger partial charge in [0.15, 0.2) is 5.13 Å². The molecule has 24 heavy (non-hydrogen) atoms. The van der Waals surface area contributed by atoms with Gasteiger partial charge < -0.3 is 16.0 Å². The summed E-state index contributed by atoms with van der Waals surface area (Å²) in [6.07, 6.45) is 1.43. The molecule has 7 heteroatoms. The summed E-state index contributed by atoms with van der Waals surface area (Å²) in [5.74, 6) is -0.459. The van der Waals surface area contributed by atoms with Crippen molar-refractivity contribution in [3.8, 4) is 0 Å². The molecule has 0 fully saturated rings. The molecule has 0 aliphatic heterocycles. The summed E-state index contributed by atoms with van der Waals surface area (Å²) in [6.45, 7) is 0. The Hall–Kier alpha value is -3.19. The van der Waals surface area contributed by atoms with Crippen molar-refractivity contribution in [2.45, 2.75) is 0 Å². The van der Waals surface area contributed by atoms with Crippen molar-refractivity contribution in [3.63, 3.8) is 0 Å². The van der Waals surface area contributed by atoms with Crippen molar-refractivity contribution in [3.05, 3.63) is 64.4 Å². The van der Waals surface area contributed by atoms with E-state index >= 15 is 0 Å². The van der Waals surface area contributed by atoms with Gasteiger partial charge in [-0.3, -0.25) is 9.59 Å². The fourth-order valence-corrected chi connectivity index (χ4v) is 3.33. The number of amides is 1. The number of carbonyl (C=O) groups is 1. The van der Waals surface area contributed by atoms with Crippen LogP contribution >= 0.6 is 11.3 Å². The van der Waals surface area contributed by atoms with Crippen molar-refractivity contribution < 1.29 is 4.79 Å². The highest BCUT2D eigenvalue weighted by Gasteiger charge is 2.13. The minimum absolute atomic E-state index is 0.0672. The van der Waals surface area contributed by atoms with Crippen LogP contribution in [-0.2, 0) is 0 Å². The van der Waals surface area contributed by atoms with E-state index in [0.717, 1.165) is 10.2 Å². The number of anilines is 2. The van der Waals surface area contributed by atoms with Crippen LogP contribution in [0.15, 0.2) is 53.5 Å². The third kappa shape index (κ3) is 2.40. The molecule has 118 valence electrons. The molecule has 0 bridgehead atoms. The lowest BCUT2D eigenvalue weighted by molar-refractivity contribution is 0.102. The van der Waals surface area contributed by atoms with Crippen LogP contribution in [-0.4, -0.2) is 15.9 Å². The second kappa shape index (κ2) is 5.47. The quantitative estimate of drug-likeness (QED) is 0.524. The van der Waals surface area contributed by atoms with E-state index in [-0.39, 0.29) is 11.0 Å². The van der Waals surface area contributed by atoms with E-state index in [4.69, 9.17) is 5.73 Å². The highest BCUT2D eigenvalue weighted by Crippen LogP contribution is 2.26. The first-order chi connectivity index (χ1) is 11.6. The highest BCUT2D eigenvalue weighted by molar-refractivity contribution is 7.22. The number of thiazole rings is 1. The molecule has 4 rings (SSSR count). The maximum Gasteiger partial charge on any atom is 0.261 e. The summed E-state index contributed by atoms with van der Waals surface area (Å²) in [5.41, 5.74) is 7.51. The monoisotopic (exact) mass is 336 g/mol. The van der Waals surface area contributed by atoms with E-state index in [1.807, 2.05) is 6.07 Å². The van der Waals surface area contributed by atoms with Gasteiger partial charge in [-0.25, -0.2) is 4.98 Å². The Morgan fingerprint density at radius 1 is 1.21 bits per heavy atom. The molecular weight excluding hydrogens is 324 g/mol. The number of pyridine rings is 1. The smallest absolute Gasteiger partial charge is 0.261 e. The van der Waals surface area contributed by atoms with Crippen molar-refractivity contribution in [1.82, 2.24) is 9.97 Å². The summed E-state index contributed by atoms with van der Waals surface area (Å²) in [5, 5.41) is 3.70. The molecule has 0 unspecified atom stereocenters. The second-order valence-corrected chi connectivity index (χ2v) is 6.33. The van der Waals surface area contributed by atoms with Gasteiger partial charge in [0.2, 0.25) is 5.43 Å². The van der Waals surface area contributed by atoms with Crippen molar-refractivity contribution in [2.75, 3.05) is 11.1 Å². The molecule has 0 aliphatic carbocycles. The van der Waals surface area contributed by atoms with Gasteiger partial charge in [0.25, 0.3) is 5.91 Å². The number of para-hydroxylation sites is 1. The number of hydrogen-bond donors (Lipinski definition) is 3. The maximum atomic E-state index is 12.5. The van der Waals surface area contributed by atoms with Gasteiger partial charge in [-0.1, -0.05) is 23.5 Å². The molecule has 0 aliphatic rings. The SMILES string of the molecule is Nc1nc2ccc(NC(=O)c3c[nH]c4ccccc4c3=O)cc2s1. The molecular formula is C17H12N4O2S. The Morgan fingerprint density at radius 3 is 2.92 bits per heavy atom. The molecule has 0 spiro atoms.